The van der Waals surface area contributed by atoms with Gasteiger partial charge < -0.3 is 19.6 Å². The van der Waals surface area contributed by atoms with Crippen LogP contribution in [0.15, 0.2) is 30.3 Å². The van der Waals surface area contributed by atoms with Crippen LogP contribution in [0.5, 0.6) is 0 Å². The monoisotopic (exact) mass is 264 g/mol. The molecule has 1 heterocycles. The smallest absolute Gasteiger partial charge is 0.410 e. The van der Waals surface area contributed by atoms with Crippen LogP contribution in [-0.4, -0.2) is 53.3 Å². The van der Waals surface area contributed by atoms with Gasteiger partial charge in [0.2, 0.25) is 0 Å². The summed E-state index contributed by atoms with van der Waals surface area (Å²) < 4.78 is 5.18. The van der Waals surface area contributed by atoms with Gasteiger partial charge in [0.05, 0.1) is 0 Å². The summed E-state index contributed by atoms with van der Waals surface area (Å²) in [5.74, 6) is 0. The highest BCUT2D eigenvalue weighted by atomic mass is 16.6. The van der Waals surface area contributed by atoms with E-state index < -0.39 is 12.2 Å². The van der Waals surface area contributed by atoms with Gasteiger partial charge in [0.25, 0.3) is 0 Å². The summed E-state index contributed by atoms with van der Waals surface area (Å²) in [6.07, 6.45) is -1.34. The van der Waals surface area contributed by atoms with E-state index in [0.717, 1.165) is 5.56 Å². The van der Waals surface area contributed by atoms with Crippen LogP contribution < -0.4 is 0 Å². The van der Waals surface area contributed by atoms with Gasteiger partial charge in [0.1, 0.15) is 6.61 Å². The first-order chi connectivity index (χ1) is 9.16. The molecule has 1 saturated heterocycles. The molecule has 0 bridgehead atoms. The zero-order chi connectivity index (χ0) is 13.7. The number of nitrogens with zero attached hydrogens (tertiary/aromatic N) is 2. The number of amides is 2. The Morgan fingerprint density at radius 1 is 1.05 bits per heavy atom. The second-order valence-electron chi connectivity index (χ2n) is 4.30. The number of benzene rings is 1. The molecular formula is C13H16N2O4. The fraction of sp³-hybridized carbons (Fsp3) is 0.385. The Morgan fingerprint density at radius 3 is 2.21 bits per heavy atom. The molecule has 0 aromatic heterocycles. The fourth-order valence-corrected chi connectivity index (χ4v) is 1.89. The minimum atomic E-state index is -0.947. The molecule has 19 heavy (non-hydrogen) atoms. The maximum atomic E-state index is 11.8. The molecule has 0 saturated carbocycles. The Morgan fingerprint density at radius 2 is 1.63 bits per heavy atom. The second-order valence-corrected chi connectivity index (χ2v) is 4.30. The third kappa shape index (κ3) is 3.61. The second kappa shape index (κ2) is 6.08. The lowest BCUT2D eigenvalue weighted by molar-refractivity contribution is 0.0689. The highest BCUT2D eigenvalue weighted by Crippen LogP contribution is 2.06. The number of ether oxygens (including phenoxy) is 1. The molecule has 1 N–H and O–H groups in total. The number of carbonyl (C=O) groups excluding carboxylic acids is 1. The van der Waals surface area contributed by atoms with Gasteiger partial charge in [0, 0.05) is 26.2 Å². The Kier molecular flexibility index (Phi) is 4.22. The molecule has 1 aliphatic heterocycles. The van der Waals surface area contributed by atoms with E-state index in [1.54, 1.807) is 0 Å². The first-order valence-corrected chi connectivity index (χ1v) is 6.10. The van der Waals surface area contributed by atoms with Gasteiger partial charge in [-0.15, -0.1) is 0 Å². The number of carboxylic acid groups (broad SMARTS) is 1. The summed E-state index contributed by atoms with van der Waals surface area (Å²) in [4.78, 5) is 25.3. The number of rotatable bonds is 2. The van der Waals surface area contributed by atoms with Crippen LogP contribution in [-0.2, 0) is 11.3 Å². The lowest BCUT2D eigenvalue weighted by Crippen LogP contribution is -2.50. The SMILES string of the molecule is O=C(O)N1CCN(C(=O)OCc2ccccc2)CC1. The molecule has 0 aliphatic carbocycles. The van der Waals surface area contributed by atoms with Crippen LogP contribution in [0.4, 0.5) is 9.59 Å². The van der Waals surface area contributed by atoms with Gasteiger partial charge in [-0.1, -0.05) is 30.3 Å². The maximum absolute atomic E-state index is 11.8. The fourth-order valence-electron chi connectivity index (χ4n) is 1.89. The summed E-state index contributed by atoms with van der Waals surface area (Å²) >= 11 is 0. The van der Waals surface area contributed by atoms with E-state index in [1.807, 2.05) is 30.3 Å². The molecule has 102 valence electrons. The van der Waals surface area contributed by atoms with Crippen molar-refractivity contribution in [3.05, 3.63) is 35.9 Å². The summed E-state index contributed by atoms with van der Waals surface area (Å²) in [6.45, 7) is 1.64. The molecule has 2 rings (SSSR count). The predicted molar refractivity (Wildman–Crippen MR) is 67.8 cm³/mol. The highest BCUT2D eigenvalue weighted by Gasteiger charge is 2.24. The van der Waals surface area contributed by atoms with Gasteiger partial charge in [-0.25, -0.2) is 9.59 Å². The van der Waals surface area contributed by atoms with Crippen molar-refractivity contribution < 1.29 is 19.4 Å². The number of hydrogen-bond acceptors (Lipinski definition) is 3. The minimum absolute atomic E-state index is 0.235. The summed E-state index contributed by atoms with van der Waals surface area (Å²) in [5.41, 5.74) is 0.931. The van der Waals surface area contributed by atoms with Crippen LogP contribution in [0.25, 0.3) is 0 Å². The van der Waals surface area contributed by atoms with Gasteiger partial charge in [-0.05, 0) is 5.56 Å². The number of piperazine rings is 1. The van der Waals surface area contributed by atoms with E-state index in [4.69, 9.17) is 9.84 Å². The first kappa shape index (κ1) is 13.2. The van der Waals surface area contributed by atoms with Crippen molar-refractivity contribution in [3.63, 3.8) is 0 Å². The Hall–Kier alpha value is -2.24. The molecule has 6 nitrogen and oxygen atoms in total. The average Bonchev–Trinajstić information content (AvgIpc) is 2.46. The summed E-state index contributed by atoms with van der Waals surface area (Å²) in [7, 11) is 0. The molecule has 1 aromatic carbocycles. The van der Waals surface area contributed by atoms with E-state index in [2.05, 4.69) is 0 Å². The summed E-state index contributed by atoms with van der Waals surface area (Å²) in [6, 6.07) is 9.44. The van der Waals surface area contributed by atoms with Crippen molar-refractivity contribution >= 4 is 12.2 Å². The van der Waals surface area contributed by atoms with Gasteiger partial charge in [-0.2, -0.15) is 0 Å². The van der Waals surface area contributed by atoms with Gasteiger partial charge >= 0.3 is 12.2 Å². The van der Waals surface area contributed by atoms with Gasteiger partial charge in [0.15, 0.2) is 0 Å². The van der Waals surface area contributed by atoms with Crippen molar-refractivity contribution in [1.82, 2.24) is 9.80 Å². The molecule has 2 amide bonds. The van der Waals surface area contributed by atoms with Crippen LogP contribution in [0.3, 0.4) is 0 Å². The summed E-state index contributed by atoms with van der Waals surface area (Å²) in [5, 5.41) is 8.81. The van der Waals surface area contributed by atoms with Crippen molar-refractivity contribution in [1.29, 1.82) is 0 Å². The van der Waals surface area contributed by atoms with Crippen LogP contribution in [0, 0.1) is 0 Å². The van der Waals surface area contributed by atoms with Crippen molar-refractivity contribution in [2.24, 2.45) is 0 Å². The van der Waals surface area contributed by atoms with Gasteiger partial charge in [-0.3, -0.25) is 0 Å². The molecule has 6 heteroatoms. The number of carbonyl (C=O) groups is 2. The molecule has 0 radical (unpaired) electrons. The quantitative estimate of drug-likeness (QED) is 0.881. The van der Waals surface area contributed by atoms with E-state index >= 15 is 0 Å². The highest BCUT2D eigenvalue weighted by molar-refractivity contribution is 5.69. The van der Waals surface area contributed by atoms with E-state index in [-0.39, 0.29) is 6.61 Å². The van der Waals surface area contributed by atoms with Crippen LogP contribution in [0.1, 0.15) is 5.56 Å². The van der Waals surface area contributed by atoms with Crippen LogP contribution >= 0.6 is 0 Å². The lowest BCUT2D eigenvalue weighted by atomic mass is 10.2. The third-order valence-corrected chi connectivity index (χ3v) is 3.01. The molecule has 0 atom stereocenters. The predicted octanol–water partition coefficient (Wildman–Crippen LogP) is 1.62. The van der Waals surface area contributed by atoms with E-state index in [9.17, 15) is 9.59 Å². The maximum Gasteiger partial charge on any atom is 0.410 e. The topological polar surface area (TPSA) is 70.1 Å². The van der Waals surface area contributed by atoms with Crippen molar-refractivity contribution in [2.75, 3.05) is 26.2 Å². The molecule has 1 aliphatic rings. The Bertz CT molecular complexity index is 441. The first-order valence-electron chi connectivity index (χ1n) is 6.10. The molecule has 0 spiro atoms. The average molecular weight is 264 g/mol. The number of hydrogen-bond donors (Lipinski definition) is 1. The molecule has 1 fully saturated rings. The lowest BCUT2D eigenvalue weighted by Gasteiger charge is -2.32. The molecular weight excluding hydrogens is 248 g/mol. The molecule has 0 unspecified atom stereocenters. The normalized spacial score (nSPS) is 15.2. The zero-order valence-electron chi connectivity index (χ0n) is 10.5. The zero-order valence-corrected chi connectivity index (χ0v) is 10.5. The van der Waals surface area contributed by atoms with E-state index in [1.165, 1.54) is 9.80 Å². The molecule has 1 aromatic rings. The Labute approximate surface area is 111 Å². The Balaban J connectivity index is 1.77. The van der Waals surface area contributed by atoms with Crippen LogP contribution in [0.2, 0.25) is 0 Å². The van der Waals surface area contributed by atoms with E-state index in [0.29, 0.717) is 26.2 Å². The third-order valence-electron chi connectivity index (χ3n) is 3.01. The largest absolute Gasteiger partial charge is 0.465 e. The standard InChI is InChI=1S/C13H16N2O4/c16-12(17)14-6-8-15(9-7-14)13(18)19-10-11-4-2-1-3-5-11/h1-5H,6-10H2,(H,16,17). The van der Waals surface area contributed by atoms with Crippen molar-refractivity contribution in [3.8, 4) is 0 Å². The minimum Gasteiger partial charge on any atom is -0.465 e. The van der Waals surface area contributed by atoms with Crippen molar-refractivity contribution in [2.45, 2.75) is 6.61 Å².